The number of aromatic nitrogens is 6. The number of H-pyrrole nitrogens is 2. The van der Waals surface area contributed by atoms with Gasteiger partial charge in [-0.1, -0.05) is 58.5 Å². The molecular weight excluding hydrogens is 930 g/mol. The first kappa shape index (κ1) is 44.9. The van der Waals surface area contributed by atoms with E-state index in [-0.39, 0.29) is 43.4 Å². The summed E-state index contributed by atoms with van der Waals surface area (Å²) in [7, 11) is -2.60. The normalized spacial score (nSPS) is 11.3. The van der Waals surface area contributed by atoms with Crippen LogP contribution in [0.3, 0.4) is 0 Å². The van der Waals surface area contributed by atoms with Crippen molar-refractivity contribution in [1.29, 1.82) is 0 Å². The van der Waals surface area contributed by atoms with Crippen LogP contribution >= 0.6 is 57.1 Å². The Balaban J connectivity index is 0.000000171. The molecule has 0 saturated carbocycles. The minimum Gasteiger partial charge on any atom is -0.397 e. The number of benzene rings is 2. The molecule has 0 aliphatic carbocycles. The second kappa shape index (κ2) is 18.6. The van der Waals surface area contributed by atoms with Crippen LogP contribution in [0.25, 0.3) is 22.1 Å². The van der Waals surface area contributed by atoms with Crippen molar-refractivity contribution in [3.8, 4) is 0 Å². The number of anilines is 2. The van der Waals surface area contributed by atoms with Crippen molar-refractivity contribution in [2.75, 3.05) is 10.5 Å². The second-order valence-electron chi connectivity index (χ2n) is 12.9. The molecule has 0 amide bonds. The summed E-state index contributed by atoms with van der Waals surface area (Å²) in [6.07, 6.45) is 9.13. The SMILES string of the molecule is Cc1ccc(S(=O)(=O)Cl)cc1Cl.Cc1ccc(S(=O)(=O)Nc2cc(Cl)cnc2C(=O)c2ccnc3[nH]ccc23)cc1Cl.Nc1cc(Cl)cnc1C(=O)c1ccnc2[nH]ccc12. The van der Waals surface area contributed by atoms with E-state index in [1.54, 1.807) is 68.8 Å². The molecule has 8 aromatic rings. The van der Waals surface area contributed by atoms with Crippen LogP contribution in [0.4, 0.5) is 11.4 Å². The fourth-order valence-corrected chi connectivity index (χ4v) is 8.26. The van der Waals surface area contributed by atoms with Crippen molar-refractivity contribution in [2.45, 2.75) is 23.6 Å². The smallest absolute Gasteiger partial charge is 0.262 e. The number of fused-ring (bicyclic) bond motifs is 2. The molecule has 6 heterocycles. The van der Waals surface area contributed by atoms with E-state index in [4.69, 9.17) is 62.8 Å². The van der Waals surface area contributed by atoms with Crippen molar-refractivity contribution >= 4 is 121 Å². The summed E-state index contributed by atoms with van der Waals surface area (Å²) in [5, 5.41) is 2.62. The summed E-state index contributed by atoms with van der Waals surface area (Å²) in [5.74, 6) is -0.723. The van der Waals surface area contributed by atoms with E-state index in [0.29, 0.717) is 42.9 Å². The lowest BCUT2D eigenvalue weighted by atomic mass is 10.0. The summed E-state index contributed by atoms with van der Waals surface area (Å²) in [6, 6.07) is 18.3. The molecule has 0 fully saturated rings. The van der Waals surface area contributed by atoms with Gasteiger partial charge in [0.05, 0.1) is 31.2 Å². The minimum atomic E-state index is -4.04. The quantitative estimate of drug-likeness (QED) is 0.0829. The van der Waals surface area contributed by atoms with Gasteiger partial charge in [-0.25, -0.2) is 36.8 Å². The van der Waals surface area contributed by atoms with Crippen LogP contribution in [0.15, 0.2) is 120 Å². The maximum Gasteiger partial charge on any atom is 0.262 e. The first-order valence-corrected chi connectivity index (χ1v) is 22.6. The molecule has 0 saturated heterocycles. The molecule has 8 rings (SSSR count). The summed E-state index contributed by atoms with van der Waals surface area (Å²) < 4.78 is 49.8. The van der Waals surface area contributed by atoms with Crippen molar-refractivity contribution in [3.05, 3.63) is 164 Å². The largest absolute Gasteiger partial charge is 0.397 e. The number of pyridine rings is 4. The molecule has 2 aromatic carbocycles. The molecule has 14 nitrogen and oxygen atoms in total. The third kappa shape index (κ3) is 10.5. The van der Waals surface area contributed by atoms with Gasteiger partial charge in [-0.3, -0.25) is 14.3 Å². The Morgan fingerprint density at radius 2 is 1.10 bits per heavy atom. The number of nitrogens with two attached hydrogens (primary N) is 1. The van der Waals surface area contributed by atoms with Gasteiger partial charge >= 0.3 is 0 Å². The van der Waals surface area contributed by atoms with Crippen LogP contribution in [0.1, 0.15) is 43.2 Å². The summed E-state index contributed by atoms with van der Waals surface area (Å²) in [4.78, 5) is 47.9. The molecule has 5 N–H and O–H groups in total. The lowest BCUT2D eigenvalue weighted by molar-refractivity contribution is 0.102. The second-order valence-corrected chi connectivity index (χ2v) is 18.8. The number of ketones is 2. The van der Waals surface area contributed by atoms with Gasteiger partial charge in [0.2, 0.25) is 11.6 Å². The molecule has 0 spiro atoms. The molecule has 61 heavy (non-hydrogen) atoms. The lowest BCUT2D eigenvalue weighted by Crippen LogP contribution is -2.17. The van der Waals surface area contributed by atoms with E-state index in [9.17, 15) is 26.4 Å². The summed E-state index contributed by atoms with van der Waals surface area (Å²) >= 11 is 23.6. The summed E-state index contributed by atoms with van der Waals surface area (Å²) in [5.41, 5.74) is 9.70. The Bertz CT molecular complexity index is 3220. The predicted octanol–water partition coefficient (Wildman–Crippen LogP) is 9.61. The molecule has 0 aliphatic rings. The predicted molar refractivity (Wildman–Crippen MR) is 238 cm³/mol. The van der Waals surface area contributed by atoms with Crippen molar-refractivity contribution < 1.29 is 26.4 Å². The van der Waals surface area contributed by atoms with E-state index in [1.165, 1.54) is 55.0 Å². The Kier molecular flexibility index (Phi) is 13.7. The topological polar surface area (TPSA) is 224 Å². The van der Waals surface area contributed by atoms with Crippen LogP contribution < -0.4 is 10.5 Å². The monoisotopic (exact) mass is 956 g/mol. The number of rotatable bonds is 8. The summed E-state index contributed by atoms with van der Waals surface area (Å²) in [6.45, 7) is 3.55. The highest BCUT2D eigenvalue weighted by molar-refractivity contribution is 8.13. The molecule has 0 aliphatic heterocycles. The number of hydrogen-bond donors (Lipinski definition) is 4. The highest BCUT2D eigenvalue weighted by Gasteiger charge is 2.24. The van der Waals surface area contributed by atoms with Crippen LogP contribution in [0.5, 0.6) is 0 Å². The van der Waals surface area contributed by atoms with Crippen molar-refractivity contribution in [3.63, 3.8) is 0 Å². The zero-order valence-corrected chi connectivity index (χ0v) is 36.8. The fraction of sp³-hybridized carbons (Fsp3) is 0.0500. The first-order chi connectivity index (χ1) is 28.8. The molecule has 0 unspecified atom stereocenters. The molecule has 0 radical (unpaired) electrons. The van der Waals surface area contributed by atoms with Gasteiger partial charge in [-0.2, -0.15) is 0 Å². The Hall–Kier alpha value is -5.59. The molecule has 0 atom stereocenters. The standard InChI is InChI=1S/C20H14Cl2N4O3S.C13H9ClN4O.C7H6Cl2O2S/c1-11-2-3-13(9-16(11)22)30(28,29)26-17-8-12(21)10-25-18(17)19(27)14-4-6-23-20-15(14)5-7-24-20;14-7-5-10(15)11(18-6-7)12(19)8-1-3-16-13-9(8)2-4-17-13;1-5-2-3-6(4-7(5)8)12(9,10)11/h2-10,26H,1H3,(H,23,24);1-6H,15H2,(H,16,17);2-4H,1H3. The van der Waals surface area contributed by atoms with Gasteiger partial charge in [0.1, 0.15) is 22.7 Å². The highest BCUT2D eigenvalue weighted by atomic mass is 35.7. The third-order valence-electron chi connectivity index (χ3n) is 8.70. The number of aryl methyl sites for hydroxylation is 2. The fourth-order valence-electron chi connectivity index (χ4n) is 5.59. The van der Waals surface area contributed by atoms with Gasteiger partial charge in [0.15, 0.2) is 0 Å². The highest BCUT2D eigenvalue weighted by Crippen LogP contribution is 2.29. The maximum atomic E-state index is 13.2. The van der Waals surface area contributed by atoms with Gasteiger partial charge in [0, 0.05) is 79.8 Å². The Morgan fingerprint density at radius 1 is 0.623 bits per heavy atom. The number of nitrogen functional groups attached to an aromatic ring is 1. The van der Waals surface area contributed by atoms with E-state index in [0.717, 1.165) is 16.5 Å². The van der Waals surface area contributed by atoms with Gasteiger partial charge in [0.25, 0.3) is 19.1 Å². The van der Waals surface area contributed by atoms with Crippen molar-refractivity contribution in [1.82, 2.24) is 29.9 Å². The number of halogens is 5. The number of nitrogens with one attached hydrogen (secondary N) is 3. The molecule has 312 valence electrons. The number of hydrogen-bond acceptors (Lipinski definition) is 11. The number of aromatic amines is 2. The molecule has 21 heteroatoms. The number of nitrogens with zero attached hydrogens (tertiary/aromatic N) is 4. The minimum absolute atomic E-state index is 0.0276. The zero-order valence-electron chi connectivity index (χ0n) is 31.4. The van der Waals surface area contributed by atoms with Crippen LogP contribution in [-0.4, -0.2) is 58.3 Å². The van der Waals surface area contributed by atoms with Crippen molar-refractivity contribution in [2.24, 2.45) is 0 Å². The van der Waals surface area contributed by atoms with Gasteiger partial charge in [-0.15, -0.1) is 0 Å². The molecular formula is C40H29Cl5N8O6S2. The average Bonchev–Trinajstić information content (AvgIpc) is 3.90. The van der Waals surface area contributed by atoms with E-state index in [1.807, 2.05) is 0 Å². The van der Waals surface area contributed by atoms with Gasteiger partial charge < -0.3 is 15.7 Å². The Labute approximate surface area is 372 Å². The Morgan fingerprint density at radius 3 is 1.61 bits per heavy atom. The number of carbonyl (C=O) groups is 2. The number of sulfonamides is 1. The lowest BCUT2D eigenvalue weighted by Gasteiger charge is -2.13. The van der Waals surface area contributed by atoms with Crippen LogP contribution in [0, 0.1) is 13.8 Å². The molecule has 6 aromatic heterocycles. The van der Waals surface area contributed by atoms with Crippen LogP contribution in [-0.2, 0) is 19.1 Å². The van der Waals surface area contributed by atoms with E-state index >= 15 is 0 Å². The van der Waals surface area contributed by atoms with E-state index in [2.05, 4.69) is 34.6 Å². The van der Waals surface area contributed by atoms with E-state index < -0.39 is 24.9 Å². The van der Waals surface area contributed by atoms with Gasteiger partial charge in [-0.05, 0) is 85.6 Å². The maximum absolute atomic E-state index is 13.2. The van der Waals surface area contributed by atoms with Crippen LogP contribution in [0.2, 0.25) is 20.1 Å². The average molecular weight is 959 g/mol. The zero-order chi connectivity index (χ0) is 44.2. The molecule has 0 bridgehead atoms. The third-order valence-corrected chi connectivity index (χ3v) is 12.6. The first-order valence-electron chi connectivity index (χ1n) is 17.3. The number of carbonyl (C=O) groups excluding carboxylic acids is 2.